The molecule has 0 radical (unpaired) electrons. The molecule has 4 nitrogen and oxygen atoms in total. The van der Waals surface area contributed by atoms with Crippen LogP contribution >= 0.6 is 0 Å². The van der Waals surface area contributed by atoms with Gasteiger partial charge in [-0.3, -0.25) is 0 Å². The highest BCUT2D eigenvalue weighted by atomic mass is 15.3. The van der Waals surface area contributed by atoms with E-state index < -0.39 is 0 Å². The van der Waals surface area contributed by atoms with Gasteiger partial charge < -0.3 is 10.6 Å². The number of anilines is 1. The fraction of sp³-hybridized carbons (Fsp3) is 0.667. The molecule has 0 aromatic carbocycles. The van der Waals surface area contributed by atoms with E-state index in [4.69, 9.17) is 5.73 Å². The van der Waals surface area contributed by atoms with Crippen molar-refractivity contribution in [1.29, 1.82) is 0 Å². The van der Waals surface area contributed by atoms with Crippen molar-refractivity contribution in [2.75, 3.05) is 18.0 Å². The van der Waals surface area contributed by atoms with E-state index in [1.165, 1.54) is 19.3 Å². The molecule has 1 fully saturated rings. The van der Waals surface area contributed by atoms with Crippen molar-refractivity contribution in [3.8, 4) is 0 Å². The summed E-state index contributed by atoms with van der Waals surface area (Å²) in [5.41, 5.74) is 6.82. The smallest absolute Gasteiger partial charge is 0.155 e. The van der Waals surface area contributed by atoms with Crippen LogP contribution in [0.4, 0.5) is 5.82 Å². The number of rotatable bonds is 3. The summed E-state index contributed by atoms with van der Waals surface area (Å²) >= 11 is 0. The lowest BCUT2D eigenvalue weighted by molar-refractivity contribution is 0.393. The van der Waals surface area contributed by atoms with E-state index in [2.05, 4.69) is 22.0 Å². The van der Waals surface area contributed by atoms with Gasteiger partial charge in [0.15, 0.2) is 5.82 Å². The van der Waals surface area contributed by atoms with Crippen LogP contribution < -0.4 is 10.6 Å². The number of hydrogen-bond acceptors (Lipinski definition) is 4. The van der Waals surface area contributed by atoms with Crippen LogP contribution in [0.1, 0.15) is 31.7 Å². The maximum atomic E-state index is 5.72. The van der Waals surface area contributed by atoms with Gasteiger partial charge in [-0.2, -0.15) is 5.10 Å². The highest BCUT2D eigenvalue weighted by molar-refractivity contribution is 5.45. The Hall–Kier alpha value is -1.16. The molecule has 2 N–H and O–H groups in total. The highest BCUT2D eigenvalue weighted by Crippen LogP contribution is 2.25. The van der Waals surface area contributed by atoms with Gasteiger partial charge in [0, 0.05) is 25.2 Å². The normalized spacial score (nSPS) is 17.8. The van der Waals surface area contributed by atoms with Crippen LogP contribution in [0.25, 0.3) is 0 Å². The van der Waals surface area contributed by atoms with Crippen molar-refractivity contribution >= 4 is 5.82 Å². The van der Waals surface area contributed by atoms with Crippen molar-refractivity contribution < 1.29 is 0 Å². The van der Waals surface area contributed by atoms with Crippen molar-refractivity contribution in [3.05, 3.63) is 17.8 Å². The van der Waals surface area contributed by atoms with Crippen LogP contribution in [0.5, 0.6) is 0 Å². The Labute approximate surface area is 96.9 Å². The molecule has 2 heterocycles. The molecule has 1 aliphatic heterocycles. The third-order valence-corrected chi connectivity index (χ3v) is 3.49. The molecule has 4 heteroatoms. The molecule has 0 amide bonds. The van der Waals surface area contributed by atoms with Gasteiger partial charge in [0.05, 0.1) is 6.20 Å². The molecule has 0 unspecified atom stereocenters. The van der Waals surface area contributed by atoms with Crippen LogP contribution in [0.2, 0.25) is 0 Å². The largest absolute Gasteiger partial charge is 0.355 e. The zero-order chi connectivity index (χ0) is 11.4. The second-order valence-electron chi connectivity index (χ2n) is 4.42. The minimum absolute atomic E-state index is 0.540. The number of nitrogens with two attached hydrogens (primary N) is 1. The summed E-state index contributed by atoms with van der Waals surface area (Å²) in [5.74, 6) is 1.87. The summed E-state index contributed by atoms with van der Waals surface area (Å²) in [7, 11) is 0. The molecule has 2 rings (SSSR count). The zero-order valence-electron chi connectivity index (χ0n) is 9.89. The van der Waals surface area contributed by atoms with E-state index in [-0.39, 0.29) is 0 Å². The Morgan fingerprint density at radius 2 is 2.19 bits per heavy atom. The molecule has 16 heavy (non-hydrogen) atoms. The van der Waals surface area contributed by atoms with E-state index >= 15 is 0 Å². The third kappa shape index (κ3) is 2.32. The maximum Gasteiger partial charge on any atom is 0.155 e. The topological polar surface area (TPSA) is 55.0 Å². The molecule has 1 aliphatic rings. The fourth-order valence-electron chi connectivity index (χ4n) is 2.33. The molecule has 0 spiro atoms. The molecular weight excluding hydrogens is 200 g/mol. The van der Waals surface area contributed by atoms with Crippen molar-refractivity contribution in [2.45, 2.75) is 32.7 Å². The first-order valence-corrected chi connectivity index (χ1v) is 6.10. The average molecular weight is 220 g/mol. The summed E-state index contributed by atoms with van der Waals surface area (Å²) in [6.07, 6.45) is 5.52. The quantitative estimate of drug-likeness (QED) is 0.840. The average Bonchev–Trinajstić information content (AvgIpc) is 2.39. The Morgan fingerprint density at radius 1 is 1.44 bits per heavy atom. The van der Waals surface area contributed by atoms with Gasteiger partial charge >= 0.3 is 0 Å². The fourth-order valence-corrected chi connectivity index (χ4v) is 2.33. The SMILES string of the molecule is CCC1CCN(c2nnccc2CN)CC1. The zero-order valence-corrected chi connectivity index (χ0v) is 9.89. The van der Waals surface area contributed by atoms with Gasteiger partial charge in [-0.05, 0) is 24.8 Å². The summed E-state index contributed by atoms with van der Waals surface area (Å²) in [5, 5.41) is 8.18. The van der Waals surface area contributed by atoms with Gasteiger partial charge in [0.1, 0.15) is 0 Å². The van der Waals surface area contributed by atoms with E-state index in [9.17, 15) is 0 Å². The molecule has 0 saturated carbocycles. The Balaban J connectivity index is 2.07. The minimum Gasteiger partial charge on any atom is -0.355 e. The third-order valence-electron chi connectivity index (χ3n) is 3.49. The van der Waals surface area contributed by atoms with Gasteiger partial charge in [0.2, 0.25) is 0 Å². The lowest BCUT2D eigenvalue weighted by Crippen LogP contribution is -2.35. The van der Waals surface area contributed by atoms with Crippen LogP contribution in [-0.4, -0.2) is 23.3 Å². The van der Waals surface area contributed by atoms with Gasteiger partial charge in [-0.1, -0.05) is 13.3 Å². The Morgan fingerprint density at radius 3 is 2.81 bits per heavy atom. The lowest BCUT2D eigenvalue weighted by Gasteiger charge is -2.32. The van der Waals surface area contributed by atoms with Crippen molar-refractivity contribution in [3.63, 3.8) is 0 Å². The first-order valence-electron chi connectivity index (χ1n) is 6.10. The number of hydrogen-bond donors (Lipinski definition) is 1. The molecule has 0 atom stereocenters. The van der Waals surface area contributed by atoms with Crippen LogP contribution in [0, 0.1) is 5.92 Å². The summed E-state index contributed by atoms with van der Waals surface area (Å²) in [6.45, 7) is 4.99. The molecule has 88 valence electrons. The van der Waals surface area contributed by atoms with Gasteiger partial charge in [0.25, 0.3) is 0 Å². The van der Waals surface area contributed by atoms with Crippen LogP contribution in [-0.2, 0) is 6.54 Å². The summed E-state index contributed by atoms with van der Waals surface area (Å²) in [4.78, 5) is 2.32. The van der Waals surface area contributed by atoms with E-state index in [0.717, 1.165) is 30.4 Å². The molecule has 1 aromatic rings. The molecule has 1 saturated heterocycles. The Bertz CT molecular complexity index is 332. The minimum atomic E-state index is 0.540. The van der Waals surface area contributed by atoms with Crippen molar-refractivity contribution in [1.82, 2.24) is 10.2 Å². The second-order valence-corrected chi connectivity index (χ2v) is 4.42. The molecule has 0 bridgehead atoms. The van der Waals surface area contributed by atoms with Crippen LogP contribution in [0.3, 0.4) is 0 Å². The van der Waals surface area contributed by atoms with Crippen LogP contribution in [0.15, 0.2) is 12.3 Å². The van der Waals surface area contributed by atoms with Crippen molar-refractivity contribution in [2.24, 2.45) is 11.7 Å². The maximum absolute atomic E-state index is 5.72. The van der Waals surface area contributed by atoms with E-state index in [1.807, 2.05) is 6.07 Å². The predicted molar refractivity (Wildman–Crippen MR) is 65.2 cm³/mol. The Kier molecular flexibility index (Phi) is 3.72. The van der Waals surface area contributed by atoms with E-state index in [0.29, 0.717) is 6.54 Å². The van der Waals surface area contributed by atoms with Gasteiger partial charge in [-0.25, -0.2) is 0 Å². The summed E-state index contributed by atoms with van der Waals surface area (Å²) in [6, 6.07) is 1.97. The molecular formula is C12H20N4. The molecule has 0 aliphatic carbocycles. The van der Waals surface area contributed by atoms with E-state index in [1.54, 1.807) is 6.20 Å². The second kappa shape index (κ2) is 5.25. The number of nitrogens with zero attached hydrogens (tertiary/aromatic N) is 3. The first-order chi connectivity index (χ1) is 7.85. The first kappa shape index (κ1) is 11.3. The van der Waals surface area contributed by atoms with Gasteiger partial charge in [-0.15, -0.1) is 5.10 Å². The number of piperidine rings is 1. The monoisotopic (exact) mass is 220 g/mol. The molecule has 1 aromatic heterocycles. The standard InChI is InChI=1S/C12H20N4/c1-2-10-4-7-16(8-5-10)12-11(9-13)3-6-14-15-12/h3,6,10H,2,4-5,7-9,13H2,1H3. The summed E-state index contributed by atoms with van der Waals surface area (Å²) < 4.78 is 0. The highest BCUT2D eigenvalue weighted by Gasteiger charge is 2.20. The number of aromatic nitrogens is 2. The lowest BCUT2D eigenvalue weighted by atomic mass is 9.94. The predicted octanol–water partition coefficient (Wildman–Crippen LogP) is 1.56.